The number of aliphatic hydroxyl groups is 1. The van der Waals surface area contributed by atoms with Crippen molar-refractivity contribution >= 4 is 17.9 Å². The molecule has 1 fully saturated rings. The number of rotatable bonds is 22. The van der Waals surface area contributed by atoms with Crippen molar-refractivity contribution in [1.29, 1.82) is 0 Å². The highest BCUT2D eigenvalue weighted by Crippen LogP contribution is 2.09. The molecule has 1 saturated heterocycles. The Morgan fingerprint density at radius 1 is 0.587 bits per heavy atom. The number of hydrogen-bond acceptors (Lipinski definition) is 10. The maximum atomic E-state index is 11.5. The fourth-order valence-electron chi connectivity index (χ4n) is 5.44. The number of aliphatic carboxylic acids is 3. The van der Waals surface area contributed by atoms with Crippen LogP contribution in [0.1, 0.15) is 50.5 Å². The van der Waals surface area contributed by atoms with Crippen LogP contribution < -0.4 is 0 Å². The first kappa shape index (κ1) is 39.5. The van der Waals surface area contributed by atoms with Crippen LogP contribution in [0.15, 0.2) is 30.3 Å². The van der Waals surface area contributed by atoms with Crippen molar-refractivity contribution < 1.29 is 44.3 Å². The number of aliphatic hydroxyl groups excluding tert-OH is 1. The molecule has 0 saturated carbocycles. The smallest absolute Gasteiger partial charge is 0.317 e. The second kappa shape index (κ2) is 24.5. The lowest BCUT2D eigenvalue weighted by Crippen LogP contribution is -2.49. The second-order valence-electron chi connectivity index (χ2n) is 12.1. The molecule has 1 atom stereocenters. The summed E-state index contributed by atoms with van der Waals surface area (Å²) in [6.07, 6.45) is 7.05. The summed E-state index contributed by atoms with van der Waals surface area (Å²) in [6, 6.07) is 10.2. The van der Waals surface area contributed by atoms with Gasteiger partial charge in [-0.3, -0.25) is 34.0 Å². The standard InChI is InChI=1S/C33H56N4O9/c38-30(28-46-22-10-5-3-1-2-4-9-21-45-27-29-11-7-6-8-12-29)23-34-13-15-35(24-31(39)40)17-19-37(26-33(43)44)20-18-36(16-14-34)25-32(41)42/h6-8,11-12,30,38H,1-5,9-10,13-28H2,(H,39,40)(H,41,42)(H,43,44). The second-order valence-corrected chi connectivity index (χ2v) is 12.1. The summed E-state index contributed by atoms with van der Waals surface area (Å²) in [5.41, 5.74) is 1.20. The van der Waals surface area contributed by atoms with Gasteiger partial charge in [-0.1, -0.05) is 62.4 Å². The molecule has 13 nitrogen and oxygen atoms in total. The fourth-order valence-corrected chi connectivity index (χ4v) is 5.44. The van der Waals surface area contributed by atoms with Gasteiger partial charge in [-0.25, -0.2) is 0 Å². The molecule has 4 N–H and O–H groups in total. The Bertz CT molecular complexity index is 940. The van der Waals surface area contributed by atoms with Gasteiger partial charge < -0.3 is 29.9 Å². The normalized spacial score (nSPS) is 17.2. The minimum absolute atomic E-state index is 0.172. The summed E-state index contributed by atoms with van der Waals surface area (Å²) < 4.78 is 11.5. The number of carboxylic acid groups (broad SMARTS) is 3. The first-order valence-corrected chi connectivity index (χ1v) is 16.6. The third kappa shape index (κ3) is 20.5. The Hall–Kier alpha value is -2.65. The van der Waals surface area contributed by atoms with Gasteiger partial charge in [0.2, 0.25) is 0 Å². The average molecular weight is 653 g/mol. The van der Waals surface area contributed by atoms with Gasteiger partial charge in [0.05, 0.1) is 39.0 Å². The lowest BCUT2D eigenvalue weighted by atomic mass is 10.1. The first-order valence-electron chi connectivity index (χ1n) is 16.6. The van der Waals surface area contributed by atoms with Crippen LogP contribution in [-0.4, -0.2) is 162 Å². The van der Waals surface area contributed by atoms with Crippen LogP contribution in [0.4, 0.5) is 0 Å². The van der Waals surface area contributed by atoms with E-state index in [1.165, 1.54) is 24.8 Å². The Labute approximate surface area is 273 Å². The number of nitrogens with zero attached hydrogens (tertiary/aromatic N) is 4. The minimum Gasteiger partial charge on any atom is -0.480 e. The van der Waals surface area contributed by atoms with Crippen molar-refractivity contribution in [3.05, 3.63) is 35.9 Å². The zero-order chi connectivity index (χ0) is 33.4. The van der Waals surface area contributed by atoms with Crippen molar-refractivity contribution in [2.75, 3.05) is 98.4 Å². The van der Waals surface area contributed by atoms with Crippen molar-refractivity contribution in [1.82, 2.24) is 19.6 Å². The summed E-state index contributed by atoms with van der Waals surface area (Å²) in [5.74, 6) is -2.92. The number of hydrogen-bond donors (Lipinski definition) is 4. The number of unbranched alkanes of at least 4 members (excludes halogenated alkanes) is 6. The van der Waals surface area contributed by atoms with Gasteiger partial charge in [-0.05, 0) is 18.4 Å². The van der Waals surface area contributed by atoms with E-state index < -0.39 is 24.0 Å². The number of carbonyl (C=O) groups is 3. The third-order valence-corrected chi connectivity index (χ3v) is 7.97. The quantitative estimate of drug-likeness (QED) is 0.134. The van der Waals surface area contributed by atoms with Gasteiger partial charge in [0.1, 0.15) is 0 Å². The predicted octanol–water partition coefficient (Wildman–Crippen LogP) is 1.79. The van der Waals surface area contributed by atoms with Crippen LogP contribution in [0.25, 0.3) is 0 Å². The summed E-state index contributed by atoms with van der Waals surface area (Å²) in [5, 5.41) is 38.8. The molecule has 46 heavy (non-hydrogen) atoms. The highest BCUT2D eigenvalue weighted by atomic mass is 16.5. The molecule has 1 heterocycles. The Morgan fingerprint density at radius 3 is 1.41 bits per heavy atom. The average Bonchev–Trinajstić information content (AvgIpc) is 3.00. The highest BCUT2D eigenvalue weighted by Gasteiger charge is 2.21. The summed E-state index contributed by atoms with van der Waals surface area (Å²) in [6.45, 7) is 5.21. The van der Waals surface area contributed by atoms with Crippen LogP contribution in [0.3, 0.4) is 0 Å². The van der Waals surface area contributed by atoms with E-state index in [1.54, 1.807) is 14.7 Å². The molecule has 0 aliphatic carbocycles. The molecule has 0 amide bonds. The van der Waals surface area contributed by atoms with Crippen molar-refractivity contribution in [3.63, 3.8) is 0 Å². The van der Waals surface area contributed by atoms with E-state index in [2.05, 4.69) is 12.1 Å². The van der Waals surface area contributed by atoms with E-state index in [9.17, 15) is 34.8 Å². The zero-order valence-corrected chi connectivity index (χ0v) is 27.3. The van der Waals surface area contributed by atoms with Gasteiger partial charge >= 0.3 is 17.9 Å². The molecule has 262 valence electrons. The maximum absolute atomic E-state index is 11.5. The van der Waals surface area contributed by atoms with Crippen molar-refractivity contribution in [2.45, 2.75) is 57.7 Å². The van der Waals surface area contributed by atoms with Crippen LogP contribution in [-0.2, 0) is 30.5 Å². The lowest BCUT2D eigenvalue weighted by molar-refractivity contribution is -0.140. The summed E-state index contributed by atoms with van der Waals surface area (Å²) in [4.78, 5) is 41.5. The molecule has 0 bridgehead atoms. The van der Waals surface area contributed by atoms with Gasteiger partial charge in [0.15, 0.2) is 0 Å². The largest absolute Gasteiger partial charge is 0.480 e. The van der Waals surface area contributed by atoms with Crippen LogP contribution in [0.2, 0.25) is 0 Å². The Balaban J connectivity index is 1.66. The van der Waals surface area contributed by atoms with Crippen LogP contribution in [0, 0.1) is 0 Å². The van der Waals surface area contributed by atoms with E-state index in [0.717, 1.165) is 32.3 Å². The monoisotopic (exact) mass is 652 g/mol. The molecule has 1 aromatic rings. The predicted molar refractivity (Wildman–Crippen MR) is 174 cm³/mol. The summed E-state index contributed by atoms with van der Waals surface area (Å²) in [7, 11) is 0. The van der Waals surface area contributed by atoms with E-state index in [0.29, 0.717) is 72.1 Å². The van der Waals surface area contributed by atoms with Gasteiger partial charge in [-0.15, -0.1) is 0 Å². The number of benzene rings is 1. The molecule has 1 unspecified atom stereocenters. The van der Waals surface area contributed by atoms with Crippen LogP contribution in [0.5, 0.6) is 0 Å². The van der Waals surface area contributed by atoms with Gasteiger partial charge in [0.25, 0.3) is 0 Å². The third-order valence-electron chi connectivity index (χ3n) is 7.97. The molecule has 0 spiro atoms. The van der Waals surface area contributed by atoms with Crippen LogP contribution >= 0.6 is 0 Å². The zero-order valence-electron chi connectivity index (χ0n) is 27.3. The maximum Gasteiger partial charge on any atom is 0.317 e. The fraction of sp³-hybridized carbons (Fsp3) is 0.727. The lowest BCUT2D eigenvalue weighted by Gasteiger charge is -2.33. The number of ether oxygens (including phenoxy) is 2. The number of carboxylic acids is 3. The molecular weight excluding hydrogens is 596 g/mol. The van der Waals surface area contributed by atoms with E-state index >= 15 is 0 Å². The molecule has 1 aromatic carbocycles. The highest BCUT2D eigenvalue weighted by molar-refractivity contribution is 5.69. The van der Waals surface area contributed by atoms with Crippen molar-refractivity contribution in [3.8, 4) is 0 Å². The number of β-amino-alcohol motifs (C(OH)–C–C–N with tert-alkyl or cyclic N) is 1. The van der Waals surface area contributed by atoms with E-state index in [4.69, 9.17) is 9.47 Å². The topological polar surface area (TPSA) is 164 Å². The SMILES string of the molecule is O=C(O)CN1CCN(CC(=O)O)CCN(CC(O)COCCCCCCCCCOCc2ccccc2)CCN(CC(=O)O)CC1. The molecule has 0 radical (unpaired) electrons. The Kier molecular flexibility index (Phi) is 21.1. The first-order chi connectivity index (χ1) is 22.2. The van der Waals surface area contributed by atoms with Crippen molar-refractivity contribution in [2.24, 2.45) is 0 Å². The van der Waals surface area contributed by atoms with E-state index in [-0.39, 0.29) is 26.2 Å². The minimum atomic E-state index is -0.990. The molecular formula is C33H56N4O9. The molecule has 2 rings (SSSR count). The molecule has 13 heteroatoms. The Morgan fingerprint density at radius 2 is 0.978 bits per heavy atom. The van der Waals surface area contributed by atoms with Gasteiger partial charge in [-0.2, -0.15) is 0 Å². The molecule has 1 aliphatic heterocycles. The van der Waals surface area contributed by atoms with E-state index in [1.807, 2.05) is 23.1 Å². The van der Waals surface area contributed by atoms with Gasteiger partial charge in [0, 0.05) is 72.1 Å². The molecule has 0 aromatic heterocycles. The summed E-state index contributed by atoms with van der Waals surface area (Å²) >= 11 is 0. The molecule has 1 aliphatic rings.